The van der Waals surface area contributed by atoms with Crippen LogP contribution in [0.25, 0.3) is 0 Å². The van der Waals surface area contributed by atoms with Crippen molar-refractivity contribution in [1.82, 2.24) is 10.6 Å². The average molecular weight is 460 g/mol. The highest BCUT2D eigenvalue weighted by atomic mass is 127. The Kier molecular flexibility index (Phi) is 10.3. The maximum absolute atomic E-state index is 11.4. The van der Waals surface area contributed by atoms with Gasteiger partial charge in [0.25, 0.3) is 0 Å². The van der Waals surface area contributed by atoms with Crippen LogP contribution in [0.15, 0.2) is 23.2 Å². The molecule has 0 saturated carbocycles. The number of nitrogens with zero attached hydrogens (tertiary/aromatic N) is 1. The number of carbonyl (C=O) groups excluding carboxylic acids is 1. The first-order valence-corrected chi connectivity index (χ1v) is 8.80. The van der Waals surface area contributed by atoms with Gasteiger partial charge in [-0.15, -0.1) is 24.0 Å². The summed E-state index contributed by atoms with van der Waals surface area (Å²) in [7, 11) is 0. The molecule has 0 atom stereocenters. The lowest BCUT2D eigenvalue weighted by atomic mass is 10.0. The van der Waals surface area contributed by atoms with Crippen LogP contribution in [0.5, 0.6) is 5.75 Å². The lowest BCUT2D eigenvalue weighted by molar-refractivity contribution is -0.116. The molecule has 1 heterocycles. The number of anilines is 1. The fourth-order valence-electron chi connectivity index (χ4n) is 2.48. The first kappa shape index (κ1) is 21.5. The van der Waals surface area contributed by atoms with Gasteiger partial charge >= 0.3 is 0 Å². The zero-order chi connectivity index (χ0) is 17.2. The summed E-state index contributed by atoms with van der Waals surface area (Å²) in [5.41, 5.74) is 2.03. The SMILES string of the molecule is CCCCN=C(NCC)NCCOc1ccc2c(c1)CCC(=O)N2.I. The van der Waals surface area contributed by atoms with Crippen LogP contribution in [-0.4, -0.2) is 38.1 Å². The lowest BCUT2D eigenvalue weighted by Gasteiger charge is -2.18. The molecule has 1 aromatic carbocycles. The number of aryl methyl sites for hydroxylation is 1. The third-order valence-electron chi connectivity index (χ3n) is 3.76. The van der Waals surface area contributed by atoms with Gasteiger partial charge in [-0.1, -0.05) is 13.3 Å². The molecule has 1 aromatic rings. The van der Waals surface area contributed by atoms with Crippen LogP contribution in [0.4, 0.5) is 5.69 Å². The topological polar surface area (TPSA) is 74.8 Å². The molecule has 1 aliphatic rings. The summed E-state index contributed by atoms with van der Waals surface area (Å²) in [4.78, 5) is 15.9. The van der Waals surface area contributed by atoms with Gasteiger partial charge in [0.2, 0.25) is 5.91 Å². The van der Waals surface area contributed by atoms with Crippen molar-refractivity contribution in [1.29, 1.82) is 0 Å². The van der Waals surface area contributed by atoms with Gasteiger partial charge in [0.05, 0.1) is 6.54 Å². The number of rotatable bonds is 8. The van der Waals surface area contributed by atoms with Crippen molar-refractivity contribution in [2.24, 2.45) is 4.99 Å². The number of carbonyl (C=O) groups is 1. The summed E-state index contributed by atoms with van der Waals surface area (Å²) < 4.78 is 5.80. The van der Waals surface area contributed by atoms with Crippen LogP contribution >= 0.6 is 24.0 Å². The van der Waals surface area contributed by atoms with Crippen LogP contribution < -0.4 is 20.7 Å². The van der Waals surface area contributed by atoms with E-state index in [4.69, 9.17) is 4.74 Å². The number of ether oxygens (including phenoxy) is 1. The number of halogens is 1. The molecule has 0 spiro atoms. The van der Waals surface area contributed by atoms with E-state index in [1.54, 1.807) is 0 Å². The number of fused-ring (bicyclic) bond motifs is 1. The van der Waals surface area contributed by atoms with E-state index in [9.17, 15) is 4.79 Å². The number of benzene rings is 1. The van der Waals surface area contributed by atoms with E-state index in [2.05, 4.69) is 34.8 Å². The van der Waals surface area contributed by atoms with Crippen LogP contribution in [0, 0.1) is 0 Å². The Morgan fingerprint density at radius 3 is 2.88 bits per heavy atom. The summed E-state index contributed by atoms with van der Waals surface area (Å²) in [5, 5.41) is 9.38. The summed E-state index contributed by atoms with van der Waals surface area (Å²) in [5.74, 6) is 1.75. The standard InChI is InChI=1S/C18H28N4O2.HI/c1-3-5-10-20-18(19-4-2)21-11-12-24-15-7-8-16-14(13-15)6-9-17(23)22-16;/h7-8,13H,3-6,9-12H2,1-2H3,(H,22,23)(H2,19,20,21);1H. The highest BCUT2D eigenvalue weighted by Crippen LogP contribution is 2.26. The predicted molar refractivity (Wildman–Crippen MR) is 113 cm³/mol. The molecule has 7 heteroatoms. The van der Waals surface area contributed by atoms with Crippen molar-refractivity contribution in [2.45, 2.75) is 39.5 Å². The number of unbranched alkanes of at least 4 members (excludes halogenated alkanes) is 1. The molecule has 1 amide bonds. The van der Waals surface area contributed by atoms with Gasteiger partial charge in [-0.05, 0) is 43.5 Å². The zero-order valence-electron chi connectivity index (χ0n) is 15.1. The third-order valence-corrected chi connectivity index (χ3v) is 3.76. The number of hydrogen-bond donors (Lipinski definition) is 3. The second-order valence-corrected chi connectivity index (χ2v) is 5.76. The molecular weight excluding hydrogens is 431 g/mol. The van der Waals surface area contributed by atoms with Gasteiger partial charge in [-0.3, -0.25) is 9.79 Å². The second kappa shape index (κ2) is 11.9. The number of hydrogen-bond acceptors (Lipinski definition) is 3. The highest BCUT2D eigenvalue weighted by molar-refractivity contribution is 14.0. The van der Waals surface area contributed by atoms with Crippen molar-refractivity contribution < 1.29 is 9.53 Å². The Morgan fingerprint density at radius 1 is 1.28 bits per heavy atom. The first-order chi connectivity index (χ1) is 11.7. The minimum absolute atomic E-state index is 0. The molecule has 1 aliphatic heterocycles. The minimum Gasteiger partial charge on any atom is -0.492 e. The smallest absolute Gasteiger partial charge is 0.224 e. The molecule has 0 bridgehead atoms. The third kappa shape index (κ3) is 7.50. The molecule has 6 nitrogen and oxygen atoms in total. The van der Waals surface area contributed by atoms with Crippen LogP contribution in [0.1, 0.15) is 38.7 Å². The second-order valence-electron chi connectivity index (χ2n) is 5.76. The van der Waals surface area contributed by atoms with Gasteiger partial charge in [0, 0.05) is 25.2 Å². The molecule has 140 valence electrons. The quantitative estimate of drug-likeness (QED) is 0.242. The summed E-state index contributed by atoms with van der Waals surface area (Å²) in [6.45, 7) is 7.14. The van der Waals surface area contributed by atoms with Crippen LogP contribution in [0.2, 0.25) is 0 Å². The Balaban J connectivity index is 0.00000312. The highest BCUT2D eigenvalue weighted by Gasteiger charge is 2.14. The maximum atomic E-state index is 11.4. The lowest BCUT2D eigenvalue weighted by Crippen LogP contribution is -2.39. The molecule has 0 aliphatic carbocycles. The van der Waals surface area contributed by atoms with Gasteiger partial charge in [0.15, 0.2) is 5.96 Å². The van der Waals surface area contributed by atoms with Crippen molar-refractivity contribution >= 4 is 41.5 Å². The molecule has 3 N–H and O–H groups in total. The first-order valence-electron chi connectivity index (χ1n) is 8.80. The number of nitrogens with one attached hydrogen (secondary N) is 3. The van der Waals surface area contributed by atoms with Crippen LogP contribution in [-0.2, 0) is 11.2 Å². The molecule has 2 rings (SSSR count). The molecular formula is C18H29IN4O2. The van der Waals surface area contributed by atoms with Crippen molar-refractivity contribution in [3.8, 4) is 5.75 Å². The van der Waals surface area contributed by atoms with E-state index < -0.39 is 0 Å². The van der Waals surface area contributed by atoms with E-state index in [0.29, 0.717) is 19.6 Å². The van der Waals surface area contributed by atoms with E-state index in [0.717, 1.165) is 55.3 Å². The van der Waals surface area contributed by atoms with Crippen LogP contribution in [0.3, 0.4) is 0 Å². The Hall–Kier alpha value is -1.51. The van der Waals surface area contributed by atoms with Gasteiger partial charge in [0.1, 0.15) is 12.4 Å². The van der Waals surface area contributed by atoms with Crippen molar-refractivity contribution in [3.63, 3.8) is 0 Å². The van der Waals surface area contributed by atoms with Gasteiger partial charge < -0.3 is 20.7 Å². The largest absolute Gasteiger partial charge is 0.492 e. The predicted octanol–water partition coefficient (Wildman–Crippen LogP) is 2.92. The fourth-order valence-corrected chi connectivity index (χ4v) is 2.48. The summed E-state index contributed by atoms with van der Waals surface area (Å²) >= 11 is 0. The normalized spacial score (nSPS) is 13.4. The molecule has 0 radical (unpaired) electrons. The van der Waals surface area contributed by atoms with Crippen molar-refractivity contribution in [2.75, 3.05) is 31.6 Å². The van der Waals surface area contributed by atoms with Gasteiger partial charge in [-0.2, -0.15) is 0 Å². The summed E-state index contributed by atoms with van der Waals surface area (Å²) in [6.07, 6.45) is 3.55. The fraction of sp³-hybridized carbons (Fsp3) is 0.556. The number of aliphatic imine (C=N–C) groups is 1. The summed E-state index contributed by atoms with van der Waals surface area (Å²) in [6, 6.07) is 5.81. The maximum Gasteiger partial charge on any atom is 0.224 e. The molecule has 25 heavy (non-hydrogen) atoms. The molecule has 0 saturated heterocycles. The van der Waals surface area contributed by atoms with E-state index in [-0.39, 0.29) is 29.9 Å². The van der Waals surface area contributed by atoms with E-state index in [1.807, 2.05) is 18.2 Å². The molecule has 0 fully saturated rings. The van der Waals surface area contributed by atoms with E-state index >= 15 is 0 Å². The molecule has 0 unspecified atom stereocenters. The van der Waals surface area contributed by atoms with E-state index in [1.165, 1.54) is 0 Å². The zero-order valence-corrected chi connectivity index (χ0v) is 17.4. The monoisotopic (exact) mass is 460 g/mol. The average Bonchev–Trinajstić information content (AvgIpc) is 2.59. The molecule has 0 aromatic heterocycles. The Bertz CT molecular complexity index is 578. The van der Waals surface area contributed by atoms with Gasteiger partial charge in [-0.25, -0.2) is 0 Å². The van der Waals surface area contributed by atoms with Crippen molar-refractivity contribution in [3.05, 3.63) is 23.8 Å². The Morgan fingerprint density at radius 2 is 2.12 bits per heavy atom. The Labute approximate surface area is 167 Å². The minimum atomic E-state index is 0. The number of amides is 1. The number of guanidine groups is 1.